The lowest BCUT2D eigenvalue weighted by Crippen LogP contribution is -2.40. The van der Waals surface area contributed by atoms with Crippen LogP contribution in [0.1, 0.15) is 5.56 Å². The average Bonchev–Trinajstić information content (AvgIpc) is 2.36. The SMILES string of the molecule is CNC(Cc1cc(F)cc(F)c1)C1CSCCS1. The van der Waals surface area contributed by atoms with Gasteiger partial charge < -0.3 is 5.32 Å². The van der Waals surface area contributed by atoms with Crippen LogP contribution >= 0.6 is 23.5 Å². The van der Waals surface area contributed by atoms with Crippen LogP contribution in [0.3, 0.4) is 0 Å². The van der Waals surface area contributed by atoms with Crippen molar-refractivity contribution < 1.29 is 8.78 Å². The van der Waals surface area contributed by atoms with Gasteiger partial charge in [0.2, 0.25) is 0 Å². The Morgan fingerprint density at radius 2 is 2.00 bits per heavy atom. The Labute approximate surface area is 115 Å². The summed E-state index contributed by atoms with van der Waals surface area (Å²) in [6.07, 6.45) is 0.670. The molecule has 1 aliphatic heterocycles. The molecule has 1 aromatic carbocycles. The van der Waals surface area contributed by atoms with E-state index in [-0.39, 0.29) is 6.04 Å². The lowest BCUT2D eigenvalue weighted by atomic mass is 10.0. The summed E-state index contributed by atoms with van der Waals surface area (Å²) < 4.78 is 26.3. The smallest absolute Gasteiger partial charge is 0.126 e. The van der Waals surface area contributed by atoms with Gasteiger partial charge in [0.05, 0.1) is 0 Å². The van der Waals surface area contributed by atoms with Crippen molar-refractivity contribution in [2.45, 2.75) is 17.7 Å². The maximum Gasteiger partial charge on any atom is 0.126 e. The molecule has 0 radical (unpaired) electrons. The summed E-state index contributed by atoms with van der Waals surface area (Å²) in [5, 5.41) is 3.79. The van der Waals surface area contributed by atoms with Crippen molar-refractivity contribution in [1.29, 1.82) is 0 Å². The highest BCUT2D eigenvalue weighted by Crippen LogP contribution is 2.27. The number of thioether (sulfide) groups is 2. The molecule has 2 unspecified atom stereocenters. The molecule has 1 heterocycles. The Morgan fingerprint density at radius 3 is 2.56 bits per heavy atom. The number of hydrogen-bond acceptors (Lipinski definition) is 3. The molecule has 0 aromatic heterocycles. The van der Waals surface area contributed by atoms with Gasteiger partial charge in [-0.2, -0.15) is 23.5 Å². The van der Waals surface area contributed by atoms with Crippen molar-refractivity contribution in [2.24, 2.45) is 0 Å². The second-order valence-corrected chi connectivity index (χ2v) is 6.86. The van der Waals surface area contributed by atoms with E-state index in [4.69, 9.17) is 0 Å². The molecule has 2 rings (SSSR count). The van der Waals surface area contributed by atoms with Gasteiger partial charge in [-0.25, -0.2) is 8.78 Å². The van der Waals surface area contributed by atoms with Crippen LogP contribution in [0.2, 0.25) is 0 Å². The first kappa shape index (κ1) is 14.2. The van der Waals surface area contributed by atoms with E-state index < -0.39 is 11.6 Å². The summed E-state index contributed by atoms with van der Waals surface area (Å²) in [6, 6.07) is 4.04. The predicted octanol–water partition coefficient (Wildman–Crippen LogP) is 2.94. The minimum atomic E-state index is -0.495. The van der Waals surface area contributed by atoms with Crippen LogP contribution in [0.4, 0.5) is 8.78 Å². The number of halogens is 2. The molecule has 1 N–H and O–H groups in total. The van der Waals surface area contributed by atoms with E-state index in [2.05, 4.69) is 5.32 Å². The van der Waals surface area contributed by atoms with Gasteiger partial charge >= 0.3 is 0 Å². The van der Waals surface area contributed by atoms with Gasteiger partial charge in [0.1, 0.15) is 11.6 Å². The van der Waals surface area contributed by atoms with Crippen molar-refractivity contribution >= 4 is 23.5 Å². The Kier molecular flexibility index (Phi) is 5.33. The van der Waals surface area contributed by atoms with Crippen LogP contribution < -0.4 is 5.32 Å². The molecule has 1 saturated heterocycles. The topological polar surface area (TPSA) is 12.0 Å². The second-order valence-electron chi connectivity index (χ2n) is 4.36. The Hall–Kier alpha value is -0.260. The molecular weight excluding hydrogens is 272 g/mol. The second kappa shape index (κ2) is 6.78. The maximum absolute atomic E-state index is 13.2. The summed E-state index contributed by atoms with van der Waals surface area (Å²) in [4.78, 5) is 0. The van der Waals surface area contributed by atoms with Gasteiger partial charge in [-0.1, -0.05) is 0 Å². The molecule has 0 amide bonds. The Balaban J connectivity index is 2.04. The standard InChI is InChI=1S/C13H17F2NS2/c1-16-12(13-8-17-2-3-18-13)6-9-4-10(14)7-11(15)5-9/h4-5,7,12-13,16H,2-3,6,8H2,1H3. The number of benzene rings is 1. The fourth-order valence-electron chi connectivity index (χ4n) is 2.14. The molecule has 0 aliphatic carbocycles. The maximum atomic E-state index is 13.2. The summed E-state index contributed by atoms with van der Waals surface area (Å²) in [5.74, 6) is 2.47. The number of nitrogens with one attached hydrogen (secondary N) is 1. The number of hydrogen-bond donors (Lipinski definition) is 1. The van der Waals surface area contributed by atoms with Gasteiger partial charge in [-0.3, -0.25) is 0 Å². The zero-order valence-electron chi connectivity index (χ0n) is 10.3. The molecule has 2 atom stereocenters. The van der Waals surface area contributed by atoms with Gasteiger partial charge in [-0.15, -0.1) is 0 Å². The Morgan fingerprint density at radius 1 is 1.28 bits per heavy atom. The number of rotatable bonds is 4. The molecule has 0 saturated carbocycles. The van der Waals surface area contributed by atoms with Gasteiger partial charge in [-0.05, 0) is 31.2 Å². The molecule has 1 aliphatic rings. The van der Waals surface area contributed by atoms with Crippen molar-refractivity contribution in [3.8, 4) is 0 Å². The van der Waals surface area contributed by atoms with Crippen LogP contribution in [0.15, 0.2) is 18.2 Å². The molecule has 5 heteroatoms. The third kappa shape index (κ3) is 3.87. The van der Waals surface area contributed by atoms with Crippen LogP contribution in [-0.2, 0) is 6.42 Å². The fraction of sp³-hybridized carbons (Fsp3) is 0.538. The largest absolute Gasteiger partial charge is 0.316 e. The van der Waals surface area contributed by atoms with E-state index in [1.807, 2.05) is 30.6 Å². The monoisotopic (exact) mass is 289 g/mol. The van der Waals surface area contributed by atoms with Crippen LogP contribution in [0.25, 0.3) is 0 Å². The highest BCUT2D eigenvalue weighted by Gasteiger charge is 2.23. The van der Waals surface area contributed by atoms with Crippen LogP contribution in [0, 0.1) is 11.6 Å². The van der Waals surface area contributed by atoms with Crippen molar-refractivity contribution in [3.63, 3.8) is 0 Å². The molecule has 0 spiro atoms. The van der Waals surface area contributed by atoms with E-state index in [0.717, 1.165) is 23.1 Å². The van der Waals surface area contributed by atoms with Crippen LogP contribution in [0.5, 0.6) is 0 Å². The average molecular weight is 289 g/mol. The third-order valence-corrected chi connectivity index (χ3v) is 5.96. The highest BCUT2D eigenvalue weighted by atomic mass is 32.2. The normalized spacial score (nSPS) is 21.8. The lowest BCUT2D eigenvalue weighted by molar-refractivity contribution is 0.544. The van der Waals surface area contributed by atoms with E-state index >= 15 is 0 Å². The molecule has 18 heavy (non-hydrogen) atoms. The molecule has 1 nitrogen and oxygen atoms in total. The quantitative estimate of drug-likeness (QED) is 0.915. The van der Waals surface area contributed by atoms with E-state index in [9.17, 15) is 8.78 Å². The first-order valence-electron chi connectivity index (χ1n) is 6.00. The third-order valence-electron chi connectivity index (χ3n) is 3.04. The summed E-state index contributed by atoms with van der Waals surface area (Å²) in [5.41, 5.74) is 0.725. The Bertz CT molecular complexity index is 374. The van der Waals surface area contributed by atoms with Crippen molar-refractivity contribution in [1.82, 2.24) is 5.32 Å². The summed E-state index contributed by atoms with van der Waals surface area (Å²) in [6.45, 7) is 0. The highest BCUT2D eigenvalue weighted by molar-refractivity contribution is 8.06. The predicted molar refractivity (Wildman–Crippen MR) is 76.5 cm³/mol. The van der Waals surface area contributed by atoms with Crippen molar-refractivity contribution in [2.75, 3.05) is 24.3 Å². The molecule has 0 bridgehead atoms. The fourth-order valence-corrected chi connectivity index (χ4v) is 5.07. The first-order valence-corrected chi connectivity index (χ1v) is 8.21. The summed E-state index contributed by atoms with van der Waals surface area (Å²) >= 11 is 3.91. The zero-order chi connectivity index (χ0) is 13.0. The van der Waals surface area contributed by atoms with E-state index in [0.29, 0.717) is 11.7 Å². The minimum absolute atomic E-state index is 0.268. The summed E-state index contributed by atoms with van der Waals surface area (Å²) in [7, 11) is 1.92. The molecule has 1 fully saturated rings. The molecule has 1 aromatic rings. The minimum Gasteiger partial charge on any atom is -0.316 e. The van der Waals surface area contributed by atoms with Gasteiger partial charge in [0.15, 0.2) is 0 Å². The van der Waals surface area contributed by atoms with Gasteiger partial charge in [0, 0.05) is 34.6 Å². The van der Waals surface area contributed by atoms with E-state index in [1.165, 1.54) is 17.9 Å². The zero-order valence-corrected chi connectivity index (χ0v) is 11.9. The molecular formula is C13H17F2NS2. The lowest BCUT2D eigenvalue weighted by Gasteiger charge is -2.29. The van der Waals surface area contributed by atoms with Crippen LogP contribution in [-0.4, -0.2) is 35.6 Å². The van der Waals surface area contributed by atoms with E-state index in [1.54, 1.807) is 0 Å². The molecule has 100 valence electrons. The van der Waals surface area contributed by atoms with Crippen molar-refractivity contribution in [3.05, 3.63) is 35.4 Å². The first-order chi connectivity index (χ1) is 8.69. The number of likely N-dealkylation sites (N-methyl/N-ethyl adjacent to an activating group) is 1. The van der Waals surface area contributed by atoms with Gasteiger partial charge in [0.25, 0.3) is 0 Å².